The van der Waals surface area contributed by atoms with Gasteiger partial charge in [-0.3, -0.25) is 9.59 Å². The predicted molar refractivity (Wildman–Crippen MR) is 65.9 cm³/mol. The molecule has 0 saturated heterocycles. The summed E-state index contributed by atoms with van der Waals surface area (Å²) in [6.07, 6.45) is 3.57. The van der Waals surface area contributed by atoms with Gasteiger partial charge in [0.25, 0.3) is 0 Å². The molecule has 0 bridgehead atoms. The zero-order chi connectivity index (χ0) is 13.3. The maximum absolute atomic E-state index is 11.2. The Labute approximate surface area is 104 Å². The lowest BCUT2D eigenvalue weighted by atomic mass is 10.00. The van der Waals surface area contributed by atoms with Crippen LogP contribution in [0.3, 0.4) is 0 Å². The lowest BCUT2D eigenvalue weighted by Gasteiger charge is -2.09. The molecule has 0 amide bonds. The quantitative estimate of drug-likeness (QED) is 0.839. The summed E-state index contributed by atoms with van der Waals surface area (Å²) in [5.74, 6) is -0.980. The van der Waals surface area contributed by atoms with Crippen molar-refractivity contribution in [2.45, 2.75) is 26.2 Å². The number of aromatic nitrogens is 2. The third-order valence-electron chi connectivity index (χ3n) is 2.88. The number of pyridine rings is 1. The number of ketones is 1. The molecule has 0 aliphatic heterocycles. The Balaban J connectivity index is 2.37. The smallest absolute Gasteiger partial charge is 0.303 e. The molecule has 0 fully saturated rings. The minimum Gasteiger partial charge on any atom is -0.481 e. The molecular formula is C13H14N2O3. The van der Waals surface area contributed by atoms with Crippen molar-refractivity contribution in [2.24, 2.45) is 0 Å². The number of fused-ring (bicyclic) bond motifs is 1. The molecule has 0 aliphatic rings. The van der Waals surface area contributed by atoms with Crippen molar-refractivity contribution < 1.29 is 14.7 Å². The summed E-state index contributed by atoms with van der Waals surface area (Å²) in [7, 11) is 0. The van der Waals surface area contributed by atoms with E-state index in [9.17, 15) is 9.59 Å². The maximum atomic E-state index is 11.2. The van der Waals surface area contributed by atoms with Gasteiger partial charge in [-0.1, -0.05) is 13.0 Å². The van der Waals surface area contributed by atoms with Gasteiger partial charge in [-0.05, 0) is 17.5 Å². The van der Waals surface area contributed by atoms with Crippen molar-refractivity contribution >= 4 is 17.4 Å². The molecule has 5 heteroatoms. The van der Waals surface area contributed by atoms with Gasteiger partial charge in [0.1, 0.15) is 11.3 Å². The second-order valence-electron chi connectivity index (χ2n) is 4.41. The second kappa shape index (κ2) is 4.60. The lowest BCUT2D eigenvalue weighted by Crippen LogP contribution is -2.03. The SMILES string of the molecule is CC(=O)c1cn2cc(C(C)CC(=O)O)ccc2n1. The van der Waals surface area contributed by atoms with Gasteiger partial charge in [-0.25, -0.2) is 4.98 Å². The normalized spacial score (nSPS) is 12.6. The van der Waals surface area contributed by atoms with E-state index in [0.717, 1.165) is 5.56 Å². The molecule has 18 heavy (non-hydrogen) atoms. The van der Waals surface area contributed by atoms with Gasteiger partial charge in [-0.2, -0.15) is 0 Å². The van der Waals surface area contributed by atoms with Gasteiger partial charge < -0.3 is 9.51 Å². The van der Waals surface area contributed by atoms with Gasteiger partial charge in [0, 0.05) is 19.3 Å². The Kier molecular flexibility index (Phi) is 3.14. The molecule has 2 aromatic heterocycles. The summed E-state index contributed by atoms with van der Waals surface area (Å²) >= 11 is 0. The number of carboxylic acid groups (broad SMARTS) is 1. The number of hydrogen-bond acceptors (Lipinski definition) is 3. The highest BCUT2D eigenvalue weighted by atomic mass is 16.4. The highest BCUT2D eigenvalue weighted by molar-refractivity contribution is 5.92. The minimum atomic E-state index is -0.822. The monoisotopic (exact) mass is 246 g/mol. The summed E-state index contributed by atoms with van der Waals surface area (Å²) in [6.45, 7) is 3.33. The highest BCUT2D eigenvalue weighted by Gasteiger charge is 2.12. The molecule has 1 atom stereocenters. The van der Waals surface area contributed by atoms with E-state index in [1.807, 2.05) is 19.2 Å². The first kappa shape index (κ1) is 12.3. The van der Waals surface area contributed by atoms with Crippen LogP contribution in [-0.2, 0) is 4.79 Å². The number of nitrogens with zero attached hydrogens (tertiary/aromatic N) is 2. The fourth-order valence-corrected chi connectivity index (χ4v) is 1.85. The van der Waals surface area contributed by atoms with E-state index in [1.54, 1.807) is 16.7 Å². The van der Waals surface area contributed by atoms with Crippen LogP contribution in [0.1, 0.15) is 42.2 Å². The molecule has 0 aromatic carbocycles. The first-order chi connectivity index (χ1) is 8.47. The molecule has 2 aromatic rings. The molecule has 2 heterocycles. The number of carbonyl (C=O) groups is 2. The maximum Gasteiger partial charge on any atom is 0.303 e. The lowest BCUT2D eigenvalue weighted by molar-refractivity contribution is -0.137. The average Bonchev–Trinajstić information content (AvgIpc) is 2.70. The summed E-state index contributed by atoms with van der Waals surface area (Å²) in [5.41, 5.74) is 2.02. The fourth-order valence-electron chi connectivity index (χ4n) is 1.85. The number of carbonyl (C=O) groups excluding carboxylic acids is 1. The van der Waals surface area contributed by atoms with Crippen molar-refractivity contribution in [3.8, 4) is 0 Å². The van der Waals surface area contributed by atoms with E-state index >= 15 is 0 Å². The summed E-state index contributed by atoms with van der Waals surface area (Å²) < 4.78 is 1.75. The van der Waals surface area contributed by atoms with Crippen LogP contribution in [-0.4, -0.2) is 26.2 Å². The van der Waals surface area contributed by atoms with E-state index in [4.69, 9.17) is 5.11 Å². The molecule has 0 saturated carbocycles. The molecule has 94 valence electrons. The molecule has 0 radical (unpaired) electrons. The molecule has 0 aliphatic carbocycles. The fraction of sp³-hybridized carbons (Fsp3) is 0.308. The molecular weight excluding hydrogens is 232 g/mol. The Morgan fingerprint density at radius 1 is 1.39 bits per heavy atom. The van der Waals surface area contributed by atoms with E-state index in [2.05, 4.69) is 4.98 Å². The number of rotatable bonds is 4. The number of Topliss-reactive ketones (excluding diaryl/α,β-unsaturated/α-hetero) is 1. The number of carboxylic acids is 1. The van der Waals surface area contributed by atoms with Crippen LogP contribution in [0.2, 0.25) is 0 Å². The van der Waals surface area contributed by atoms with Crippen LogP contribution in [0.25, 0.3) is 5.65 Å². The first-order valence-corrected chi connectivity index (χ1v) is 5.68. The van der Waals surface area contributed by atoms with Crippen LogP contribution in [0.15, 0.2) is 24.5 Å². The van der Waals surface area contributed by atoms with Gasteiger partial charge in [-0.15, -0.1) is 0 Å². The van der Waals surface area contributed by atoms with Gasteiger partial charge in [0.2, 0.25) is 0 Å². The largest absolute Gasteiger partial charge is 0.481 e. The number of hydrogen-bond donors (Lipinski definition) is 1. The van der Waals surface area contributed by atoms with Crippen molar-refractivity contribution in [3.63, 3.8) is 0 Å². The Hall–Kier alpha value is -2.17. The van der Waals surface area contributed by atoms with Gasteiger partial charge >= 0.3 is 5.97 Å². The summed E-state index contributed by atoms with van der Waals surface area (Å²) in [4.78, 5) is 26.1. The Morgan fingerprint density at radius 2 is 2.11 bits per heavy atom. The van der Waals surface area contributed by atoms with Crippen LogP contribution in [0, 0.1) is 0 Å². The number of imidazole rings is 1. The Morgan fingerprint density at radius 3 is 2.72 bits per heavy atom. The summed E-state index contributed by atoms with van der Waals surface area (Å²) in [6, 6.07) is 3.64. The first-order valence-electron chi connectivity index (χ1n) is 5.68. The van der Waals surface area contributed by atoms with Crippen molar-refractivity contribution in [1.29, 1.82) is 0 Å². The van der Waals surface area contributed by atoms with Crippen molar-refractivity contribution in [3.05, 3.63) is 35.8 Å². The van der Waals surface area contributed by atoms with Crippen molar-refractivity contribution in [1.82, 2.24) is 9.38 Å². The third kappa shape index (κ3) is 2.40. The second-order valence-corrected chi connectivity index (χ2v) is 4.41. The van der Waals surface area contributed by atoms with Crippen LogP contribution in [0.4, 0.5) is 0 Å². The highest BCUT2D eigenvalue weighted by Crippen LogP contribution is 2.19. The minimum absolute atomic E-state index is 0.0740. The zero-order valence-electron chi connectivity index (χ0n) is 10.3. The van der Waals surface area contributed by atoms with Gasteiger partial charge in [0.05, 0.1) is 6.42 Å². The van der Waals surface area contributed by atoms with E-state index in [-0.39, 0.29) is 18.1 Å². The average molecular weight is 246 g/mol. The molecule has 1 unspecified atom stereocenters. The van der Waals surface area contributed by atoms with E-state index in [0.29, 0.717) is 11.3 Å². The topological polar surface area (TPSA) is 71.7 Å². The predicted octanol–water partition coefficient (Wildman–Crippen LogP) is 2.12. The van der Waals surface area contributed by atoms with Crippen LogP contribution in [0.5, 0.6) is 0 Å². The van der Waals surface area contributed by atoms with Crippen molar-refractivity contribution in [2.75, 3.05) is 0 Å². The summed E-state index contributed by atoms with van der Waals surface area (Å²) in [5, 5.41) is 8.77. The van der Waals surface area contributed by atoms with E-state index in [1.165, 1.54) is 6.92 Å². The van der Waals surface area contributed by atoms with Crippen LogP contribution < -0.4 is 0 Å². The molecule has 0 spiro atoms. The number of aliphatic carboxylic acids is 1. The van der Waals surface area contributed by atoms with E-state index < -0.39 is 5.97 Å². The molecule has 1 N–H and O–H groups in total. The Bertz CT molecular complexity index is 616. The molecule has 5 nitrogen and oxygen atoms in total. The van der Waals surface area contributed by atoms with Crippen LogP contribution >= 0.6 is 0 Å². The standard InChI is InChI=1S/C13H14N2O3/c1-8(5-13(17)18)10-3-4-12-14-11(9(2)16)7-15(12)6-10/h3-4,6-8H,5H2,1-2H3,(H,17,18). The third-order valence-corrected chi connectivity index (χ3v) is 2.88. The molecule has 2 rings (SSSR count). The zero-order valence-corrected chi connectivity index (χ0v) is 10.3. The van der Waals surface area contributed by atoms with Gasteiger partial charge in [0.15, 0.2) is 5.78 Å².